The van der Waals surface area contributed by atoms with Crippen LogP contribution in [0.15, 0.2) is 30.3 Å². The quantitative estimate of drug-likeness (QED) is 0.433. The van der Waals surface area contributed by atoms with Crippen molar-refractivity contribution in [1.29, 1.82) is 5.26 Å². The number of hydrogen-bond donors (Lipinski definition) is 1. The van der Waals surface area contributed by atoms with Crippen LogP contribution in [0.1, 0.15) is 11.9 Å². The van der Waals surface area contributed by atoms with Crippen molar-refractivity contribution in [3.05, 3.63) is 35.9 Å². The summed E-state index contributed by atoms with van der Waals surface area (Å²) in [5.41, 5.74) is 0.802. The molecule has 2 aliphatic heterocycles. The van der Waals surface area contributed by atoms with Crippen molar-refractivity contribution in [3.8, 4) is 6.19 Å². The molecule has 1 aromatic rings. The van der Waals surface area contributed by atoms with Crippen LogP contribution < -0.4 is 5.32 Å². The van der Waals surface area contributed by atoms with Gasteiger partial charge < -0.3 is 24.3 Å². The maximum absolute atomic E-state index is 11.6. The third-order valence-electron chi connectivity index (χ3n) is 4.17. The lowest BCUT2D eigenvalue weighted by Gasteiger charge is -2.48. The molecule has 0 aliphatic carbocycles. The van der Waals surface area contributed by atoms with Crippen LogP contribution in [-0.4, -0.2) is 59.0 Å². The van der Waals surface area contributed by atoms with E-state index < -0.39 is 47.1 Å². The standard InChI is InChI=1S/C16H20N2O7S/c1-21-16-14(25-26(2,19)20)12(18-9-17)13-11(23-16)8-22-15(24-13)10-6-4-3-5-7-10/h3-7,11-16,18H,8H2,1-2H3/t11-,12+,13-,14-,15-,16+/m0/s1. The van der Waals surface area contributed by atoms with E-state index in [2.05, 4.69) is 5.32 Å². The molecule has 1 aromatic carbocycles. The van der Waals surface area contributed by atoms with Crippen molar-refractivity contribution < 1.29 is 31.5 Å². The molecule has 0 aromatic heterocycles. The van der Waals surface area contributed by atoms with E-state index in [0.29, 0.717) is 0 Å². The van der Waals surface area contributed by atoms with Crippen LogP contribution in [0, 0.1) is 11.5 Å². The summed E-state index contributed by atoms with van der Waals surface area (Å²) in [6, 6.07) is 8.49. The number of nitriles is 1. The van der Waals surface area contributed by atoms with Gasteiger partial charge in [0, 0.05) is 12.7 Å². The Morgan fingerprint density at radius 1 is 1.27 bits per heavy atom. The number of nitrogens with one attached hydrogen (secondary N) is 1. The van der Waals surface area contributed by atoms with Crippen molar-refractivity contribution in [3.63, 3.8) is 0 Å². The van der Waals surface area contributed by atoms with Crippen LogP contribution >= 0.6 is 0 Å². The first kappa shape index (κ1) is 19.0. The van der Waals surface area contributed by atoms with Gasteiger partial charge in [-0.15, -0.1) is 0 Å². The van der Waals surface area contributed by atoms with Gasteiger partial charge in [0.2, 0.25) is 0 Å². The Morgan fingerprint density at radius 3 is 2.62 bits per heavy atom. The number of methoxy groups -OCH3 is 1. The van der Waals surface area contributed by atoms with Crippen molar-refractivity contribution in [2.45, 2.75) is 36.9 Å². The highest BCUT2D eigenvalue weighted by Crippen LogP contribution is 2.35. The van der Waals surface area contributed by atoms with E-state index in [1.165, 1.54) is 7.11 Å². The fraction of sp³-hybridized carbons (Fsp3) is 0.562. The van der Waals surface area contributed by atoms with Crippen molar-refractivity contribution in [1.82, 2.24) is 5.32 Å². The van der Waals surface area contributed by atoms with E-state index in [4.69, 9.17) is 28.4 Å². The number of ether oxygens (including phenoxy) is 4. The summed E-state index contributed by atoms with van der Waals surface area (Å²) in [6.07, 6.45) is -1.23. The highest BCUT2D eigenvalue weighted by atomic mass is 32.2. The Hall–Kier alpha value is -1.74. The molecule has 2 heterocycles. The Balaban J connectivity index is 1.87. The molecule has 26 heavy (non-hydrogen) atoms. The van der Waals surface area contributed by atoms with E-state index >= 15 is 0 Å². The number of fused-ring (bicyclic) bond motifs is 1. The summed E-state index contributed by atoms with van der Waals surface area (Å²) in [4.78, 5) is 0. The van der Waals surface area contributed by atoms with Crippen LogP contribution in [0.3, 0.4) is 0 Å². The van der Waals surface area contributed by atoms with Crippen LogP contribution in [0.25, 0.3) is 0 Å². The summed E-state index contributed by atoms with van der Waals surface area (Å²) in [5.74, 6) is 0. The summed E-state index contributed by atoms with van der Waals surface area (Å²) < 4.78 is 51.1. The van der Waals surface area contributed by atoms with Gasteiger partial charge >= 0.3 is 0 Å². The van der Waals surface area contributed by atoms with Gasteiger partial charge in [-0.05, 0) is 0 Å². The van der Waals surface area contributed by atoms with E-state index in [1.54, 1.807) is 0 Å². The van der Waals surface area contributed by atoms with Crippen LogP contribution in [0.5, 0.6) is 0 Å². The number of rotatable bonds is 5. The molecule has 0 spiro atoms. The zero-order chi connectivity index (χ0) is 18.7. The molecule has 9 nitrogen and oxygen atoms in total. The van der Waals surface area contributed by atoms with E-state index in [9.17, 15) is 8.42 Å². The average molecular weight is 384 g/mol. The third-order valence-corrected chi connectivity index (χ3v) is 4.74. The minimum absolute atomic E-state index is 0.194. The second-order valence-corrected chi connectivity index (χ2v) is 7.60. The molecule has 2 fully saturated rings. The van der Waals surface area contributed by atoms with Gasteiger partial charge in [-0.1, -0.05) is 30.3 Å². The Kier molecular flexibility index (Phi) is 5.76. The highest BCUT2D eigenvalue weighted by molar-refractivity contribution is 7.86. The highest BCUT2D eigenvalue weighted by Gasteiger charge is 2.52. The predicted octanol–water partition coefficient (Wildman–Crippen LogP) is 0.256. The number of benzene rings is 1. The Morgan fingerprint density at radius 2 is 2.00 bits per heavy atom. The molecular weight excluding hydrogens is 364 g/mol. The van der Waals surface area contributed by atoms with Gasteiger partial charge in [-0.25, -0.2) is 0 Å². The summed E-state index contributed by atoms with van der Waals surface area (Å²) in [6.45, 7) is 0.194. The second kappa shape index (κ2) is 7.87. The molecule has 0 radical (unpaired) electrons. The maximum Gasteiger partial charge on any atom is 0.264 e. The lowest BCUT2D eigenvalue weighted by atomic mass is 9.95. The molecular formula is C16H20N2O7S. The largest absolute Gasteiger partial charge is 0.353 e. The van der Waals surface area contributed by atoms with Crippen LogP contribution in [0.4, 0.5) is 0 Å². The van der Waals surface area contributed by atoms with Crippen molar-refractivity contribution >= 4 is 10.1 Å². The third kappa shape index (κ3) is 4.15. The molecule has 10 heteroatoms. The summed E-state index contributed by atoms with van der Waals surface area (Å²) in [5, 5.41) is 11.7. The second-order valence-electron chi connectivity index (χ2n) is 6.00. The summed E-state index contributed by atoms with van der Waals surface area (Å²) in [7, 11) is -2.45. The Bertz CT molecular complexity index is 752. The predicted molar refractivity (Wildman–Crippen MR) is 87.9 cm³/mol. The molecule has 0 bridgehead atoms. The molecule has 142 valence electrons. The lowest BCUT2D eigenvalue weighted by Crippen LogP contribution is -2.66. The van der Waals surface area contributed by atoms with Crippen LogP contribution in [0.2, 0.25) is 0 Å². The number of nitrogens with zero attached hydrogens (tertiary/aromatic N) is 1. The fourth-order valence-corrected chi connectivity index (χ4v) is 3.72. The molecule has 0 unspecified atom stereocenters. The monoisotopic (exact) mass is 384 g/mol. The minimum Gasteiger partial charge on any atom is -0.353 e. The molecule has 0 saturated carbocycles. The minimum atomic E-state index is -3.82. The Labute approximate surface area is 151 Å². The van der Waals surface area contributed by atoms with E-state index in [0.717, 1.165) is 11.8 Å². The van der Waals surface area contributed by atoms with Crippen molar-refractivity contribution in [2.75, 3.05) is 20.0 Å². The number of hydrogen-bond acceptors (Lipinski definition) is 9. The van der Waals surface area contributed by atoms with Gasteiger partial charge in [0.25, 0.3) is 10.1 Å². The zero-order valence-corrected chi connectivity index (χ0v) is 15.1. The normalized spacial score (nSPS) is 34.5. The maximum atomic E-state index is 11.6. The molecule has 1 N–H and O–H groups in total. The van der Waals surface area contributed by atoms with Gasteiger partial charge in [-0.2, -0.15) is 13.7 Å². The van der Waals surface area contributed by atoms with Gasteiger partial charge in [0.15, 0.2) is 24.9 Å². The smallest absolute Gasteiger partial charge is 0.264 e. The van der Waals surface area contributed by atoms with Gasteiger partial charge in [-0.3, -0.25) is 4.18 Å². The van der Waals surface area contributed by atoms with Crippen molar-refractivity contribution in [2.24, 2.45) is 0 Å². The lowest BCUT2D eigenvalue weighted by molar-refractivity contribution is -0.336. The zero-order valence-electron chi connectivity index (χ0n) is 14.3. The first-order valence-electron chi connectivity index (χ1n) is 7.96. The molecule has 0 amide bonds. The first-order chi connectivity index (χ1) is 12.4. The topological polar surface area (TPSA) is 116 Å². The molecule has 2 saturated heterocycles. The van der Waals surface area contributed by atoms with Crippen LogP contribution in [-0.2, 0) is 33.2 Å². The van der Waals surface area contributed by atoms with E-state index in [1.807, 2.05) is 36.5 Å². The van der Waals surface area contributed by atoms with Gasteiger partial charge in [0.1, 0.15) is 12.2 Å². The molecule has 2 aliphatic rings. The van der Waals surface area contributed by atoms with Gasteiger partial charge in [0.05, 0.1) is 18.9 Å². The first-order valence-corrected chi connectivity index (χ1v) is 9.77. The molecule has 6 atom stereocenters. The summed E-state index contributed by atoms with van der Waals surface area (Å²) >= 11 is 0. The fourth-order valence-electron chi connectivity index (χ4n) is 3.11. The SMILES string of the molecule is CO[C@@H]1O[C@H]2CO[C@H](c3ccccc3)O[C@@H]2[C@@H](NC#N)[C@@H]1OS(C)(=O)=O. The van der Waals surface area contributed by atoms with E-state index in [-0.39, 0.29) is 6.61 Å². The molecule has 3 rings (SSSR count). The average Bonchev–Trinajstić information content (AvgIpc) is 2.62.